The van der Waals surface area contributed by atoms with E-state index in [0.29, 0.717) is 6.61 Å². The van der Waals surface area contributed by atoms with Crippen LogP contribution < -0.4 is 14.8 Å². The summed E-state index contributed by atoms with van der Waals surface area (Å²) >= 11 is 1.72. The van der Waals surface area contributed by atoms with Crippen LogP contribution in [0.15, 0.2) is 53.9 Å². The Hall–Kier alpha value is -2.37. The summed E-state index contributed by atoms with van der Waals surface area (Å²) in [7, 11) is 1.66. The highest BCUT2D eigenvalue weighted by molar-refractivity contribution is 7.09. The maximum absolute atomic E-state index is 5.97. The zero-order valence-corrected chi connectivity index (χ0v) is 16.0. The Labute approximate surface area is 158 Å². The number of ether oxygens (including phenoxy) is 2. The lowest BCUT2D eigenvalue weighted by Crippen LogP contribution is -2.13. The number of nitrogens with zero attached hydrogens (tertiary/aromatic N) is 1. The van der Waals surface area contributed by atoms with Gasteiger partial charge in [0.2, 0.25) is 0 Å². The molecule has 3 rings (SSSR count). The van der Waals surface area contributed by atoms with Crippen molar-refractivity contribution in [3.05, 3.63) is 75.7 Å². The molecule has 0 aliphatic rings. The first-order valence-corrected chi connectivity index (χ1v) is 9.64. The largest absolute Gasteiger partial charge is 0.493 e. The molecule has 0 fully saturated rings. The average Bonchev–Trinajstić information content (AvgIpc) is 3.15. The molecule has 0 aliphatic carbocycles. The molecule has 136 valence electrons. The molecule has 0 amide bonds. The minimum atomic E-state index is 0.521. The van der Waals surface area contributed by atoms with E-state index in [1.54, 1.807) is 18.4 Å². The third kappa shape index (κ3) is 5.07. The number of nitrogens with one attached hydrogen (secondary N) is 1. The lowest BCUT2D eigenvalue weighted by atomic mass is 10.2. The zero-order chi connectivity index (χ0) is 18.2. The smallest absolute Gasteiger partial charge is 0.161 e. The van der Waals surface area contributed by atoms with Crippen LogP contribution in [0.1, 0.15) is 28.8 Å². The molecular formula is C21H24N2O2S. The van der Waals surface area contributed by atoms with Crippen molar-refractivity contribution >= 4 is 11.3 Å². The van der Waals surface area contributed by atoms with E-state index in [1.165, 1.54) is 5.01 Å². The van der Waals surface area contributed by atoms with Gasteiger partial charge in [-0.15, -0.1) is 11.3 Å². The van der Waals surface area contributed by atoms with Gasteiger partial charge in [-0.05, 0) is 29.7 Å². The van der Waals surface area contributed by atoms with Crippen molar-refractivity contribution < 1.29 is 9.47 Å². The topological polar surface area (TPSA) is 43.4 Å². The van der Waals surface area contributed by atoms with Crippen molar-refractivity contribution in [2.75, 3.05) is 7.11 Å². The highest BCUT2D eigenvalue weighted by atomic mass is 32.1. The van der Waals surface area contributed by atoms with Crippen LogP contribution in [0.2, 0.25) is 0 Å². The number of rotatable bonds is 9. The van der Waals surface area contributed by atoms with Gasteiger partial charge in [0.15, 0.2) is 11.5 Å². The fraction of sp³-hybridized carbons (Fsp3) is 0.286. The lowest BCUT2D eigenvalue weighted by molar-refractivity contribution is 0.284. The molecule has 0 atom stereocenters. The third-order valence-corrected chi connectivity index (χ3v) is 5.04. The van der Waals surface area contributed by atoms with E-state index in [2.05, 4.69) is 40.8 Å². The molecule has 1 N–H and O–H groups in total. The Bertz CT molecular complexity index is 818. The molecule has 26 heavy (non-hydrogen) atoms. The maximum Gasteiger partial charge on any atom is 0.161 e. The summed E-state index contributed by atoms with van der Waals surface area (Å²) in [6, 6.07) is 16.2. The zero-order valence-electron chi connectivity index (χ0n) is 15.2. The molecule has 3 aromatic rings. The quantitative estimate of drug-likeness (QED) is 0.600. The van der Waals surface area contributed by atoms with Gasteiger partial charge in [-0.1, -0.05) is 43.3 Å². The van der Waals surface area contributed by atoms with Gasteiger partial charge in [0.05, 0.1) is 17.8 Å². The standard InChI is InChI=1S/C21H24N2O2S/c1-3-21-23-18(15-26-21)13-22-12-17-9-10-19(24-2)20(11-17)25-14-16-7-5-4-6-8-16/h4-11,15,22H,3,12-14H2,1-2H3. The fourth-order valence-electron chi connectivity index (χ4n) is 2.61. The van der Waals surface area contributed by atoms with Crippen molar-refractivity contribution in [2.24, 2.45) is 0 Å². The minimum Gasteiger partial charge on any atom is -0.493 e. The predicted molar refractivity (Wildman–Crippen MR) is 106 cm³/mol. The van der Waals surface area contributed by atoms with Crippen molar-refractivity contribution in [1.29, 1.82) is 0 Å². The second-order valence-corrected chi connectivity index (χ2v) is 6.89. The van der Waals surface area contributed by atoms with Crippen molar-refractivity contribution in [3.8, 4) is 11.5 Å². The van der Waals surface area contributed by atoms with Crippen LogP contribution in [0, 0.1) is 0 Å². The predicted octanol–water partition coefficient (Wildman–Crippen LogP) is 4.58. The Morgan fingerprint density at radius 3 is 2.58 bits per heavy atom. The van der Waals surface area contributed by atoms with Gasteiger partial charge in [-0.3, -0.25) is 0 Å². The monoisotopic (exact) mass is 368 g/mol. The van der Waals surface area contributed by atoms with Gasteiger partial charge < -0.3 is 14.8 Å². The summed E-state index contributed by atoms with van der Waals surface area (Å²) in [4.78, 5) is 4.58. The molecule has 0 bridgehead atoms. The first-order valence-electron chi connectivity index (χ1n) is 8.76. The highest BCUT2D eigenvalue weighted by Crippen LogP contribution is 2.29. The molecule has 0 saturated carbocycles. The van der Waals surface area contributed by atoms with Gasteiger partial charge in [0, 0.05) is 18.5 Å². The number of aryl methyl sites for hydroxylation is 1. The Balaban J connectivity index is 1.59. The first kappa shape index (κ1) is 18.4. The first-order chi connectivity index (χ1) is 12.8. The van der Waals surface area contributed by atoms with Crippen LogP contribution in [0.3, 0.4) is 0 Å². The molecule has 2 aromatic carbocycles. The summed E-state index contributed by atoms with van der Waals surface area (Å²) in [6.45, 7) is 4.17. The molecule has 5 heteroatoms. The molecule has 0 unspecified atom stereocenters. The average molecular weight is 369 g/mol. The molecule has 4 nitrogen and oxygen atoms in total. The van der Waals surface area contributed by atoms with E-state index in [-0.39, 0.29) is 0 Å². The van der Waals surface area contributed by atoms with E-state index in [4.69, 9.17) is 9.47 Å². The van der Waals surface area contributed by atoms with Gasteiger partial charge in [0.1, 0.15) is 6.61 Å². The normalized spacial score (nSPS) is 10.7. The van der Waals surface area contributed by atoms with Gasteiger partial charge in [-0.2, -0.15) is 0 Å². The lowest BCUT2D eigenvalue weighted by Gasteiger charge is -2.13. The summed E-state index contributed by atoms with van der Waals surface area (Å²) in [5.74, 6) is 1.51. The SMILES string of the molecule is CCc1nc(CNCc2ccc(OC)c(OCc3ccccc3)c2)cs1. The molecular weight excluding hydrogens is 344 g/mol. The number of hydrogen-bond donors (Lipinski definition) is 1. The molecule has 0 aliphatic heterocycles. The second-order valence-electron chi connectivity index (χ2n) is 5.95. The summed E-state index contributed by atoms with van der Waals surface area (Å²) in [6.07, 6.45) is 0.991. The van der Waals surface area contributed by atoms with E-state index in [0.717, 1.165) is 47.8 Å². The molecule has 0 radical (unpaired) electrons. The molecule has 1 aromatic heterocycles. The Morgan fingerprint density at radius 2 is 1.85 bits per heavy atom. The van der Waals surface area contributed by atoms with E-state index in [9.17, 15) is 0 Å². The minimum absolute atomic E-state index is 0.521. The molecule has 0 spiro atoms. The Morgan fingerprint density at radius 1 is 1.00 bits per heavy atom. The number of aromatic nitrogens is 1. The summed E-state index contributed by atoms with van der Waals surface area (Å²) < 4.78 is 11.4. The van der Waals surface area contributed by atoms with E-state index >= 15 is 0 Å². The third-order valence-electron chi connectivity index (χ3n) is 4.00. The van der Waals surface area contributed by atoms with Crippen LogP contribution in [0.4, 0.5) is 0 Å². The summed E-state index contributed by atoms with van der Waals surface area (Å²) in [5, 5.41) is 6.74. The van der Waals surface area contributed by atoms with Gasteiger partial charge in [0.25, 0.3) is 0 Å². The van der Waals surface area contributed by atoms with E-state index in [1.807, 2.05) is 30.3 Å². The van der Waals surface area contributed by atoms with Crippen molar-refractivity contribution in [3.63, 3.8) is 0 Å². The number of methoxy groups -OCH3 is 1. The highest BCUT2D eigenvalue weighted by Gasteiger charge is 2.07. The summed E-state index contributed by atoms with van der Waals surface area (Å²) in [5.41, 5.74) is 3.38. The molecule has 1 heterocycles. The number of hydrogen-bond acceptors (Lipinski definition) is 5. The van der Waals surface area contributed by atoms with Crippen molar-refractivity contribution in [2.45, 2.75) is 33.0 Å². The van der Waals surface area contributed by atoms with E-state index < -0.39 is 0 Å². The fourth-order valence-corrected chi connectivity index (χ4v) is 3.35. The van der Waals surface area contributed by atoms with Crippen LogP contribution in [0.5, 0.6) is 11.5 Å². The number of thiazole rings is 1. The number of benzene rings is 2. The second kappa shape index (κ2) is 9.36. The van der Waals surface area contributed by atoms with Crippen LogP contribution in [0.25, 0.3) is 0 Å². The molecule has 0 saturated heterocycles. The van der Waals surface area contributed by atoms with Gasteiger partial charge >= 0.3 is 0 Å². The van der Waals surface area contributed by atoms with Crippen molar-refractivity contribution in [1.82, 2.24) is 10.3 Å². The Kier molecular flexibility index (Phi) is 6.63. The van der Waals surface area contributed by atoms with Crippen LogP contribution >= 0.6 is 11.3 Å². The van der Waals surface area contributed by atoms with Crippen LogP contribution in [-0.2, 0) is 26.1 Å². The maximum atomic E-state index is 5.97. The van der Waals surface area contributed by atoms with Gasteiger partial charge in [-0.25, -0.2) is 4.98 Å². The van der Waals surface area contributed by atoms with Crippen LogP contribution in [-0.4, -0.2) is 12.1 Å².